The molecule has 0 aliphatic heterocycles. The van der Waals surface area contributed by atoms with E-state index < -0.39 is 0 Å². The Morgan fingerprint density at radius 2 is 2.00 bits per heavy atom. The third-order valence-corrected chi connectivity index (χ3v) is 2.50. The molecule has 0 bridgehead atoms. The molecule has 0 radical (unpaired) electrons. The van der Waals surface area contributed by atoms with E-state index in [0.717, 1.165) is 37.9 Å². The average molecular weight is 234 g/mol. The van der Waals surface area contributed by atoms with Crippen molar-refractivity contribution in [1.82, 2.24) is 5.32 Å². The van der Waals surface area contributed by atoms with Crippen LogP contribution < -0.4 is 5.32 Å². The fourth-order valence-corrected chi connectivity index (χ4v) is 1.51. The van der Waals surface area contributed by atoms with E-state index in [9.17, 15) is 10.1 Å². The lowest BCUT2D eigenvalue weighted by molar-refractivity contribution is -0.384. The first kappa shape index (κ1) is 13.4. The number of benzene rings is 1. The second-order valence-corrected chi connectivity index (χ2v) is 3.85. The summed E-state index contributed by atoms with van der Waals surface area (Å²) in [6, 6.07) is 6.72. The van der Waals surface area contributed by atoms with Crippen molar-refractivity contribution < 1.29 is 4.92 Å². The second kappa shape index (κ2) is 7.57. The molecule has 1 rings (SSSR count). The number of hydrogen-bond acceptors (Lipinski definition) is 3. The minimum atomic E-state index is -0.378. The zero-order chi connectivity index (χ0) is 12.5. The van der Waals surface area contributed by atoms with E-state index in [0.29, 0.717) is 0 Å². The van der Waals surface area contributed by atoms with E-state index in [-0.39, 0.29) is 10.6 Å². The minimum Gasteiger partial charge on any atom is -0.316 e. The van der Waals surface area contributed by atoms with Gasteiger partial charge in [0.1, 0.15) is 0 Å². The Morgan fingerprint density at radius 1 is 1.29 bits per heavy atom. The maximum Gasteiger partial charge on any atom is 0.269 e. The lowest BCUT2D eigenvalue weighted by Crippen LogP contribution is -2.18. The highest BCUT2D eigenvalue weighted by Gasteiger charge is 2.03. The van der Waals surface area contributed by atoms with Gasteiger partial charge >= 0.3 is 0 Å². The van der Waals surface area contributed by atoms with Crippen molar-refractivity contribution >= 4 is 5.69 Å². The Balaban J connectivity index is 2.23. The maximum absolute atomic E-state index is 10.5. The predicted molar refractivity (Wildman–Crippen MR) is 69.1 cm³/mol. The van der Waals surface area contributed by atoms with Crippen LogP contribution in [-0.2, 0) is 6.42 Å². The Bertz CT molecular complexity index is 360. The van der Waals surface area contributed by atoms with E-state index in [1.807, 2.05) is 18.2 Å². The molecule has 4 nitrogen and oxygen atoms in total. The normalized spacial score (nSPS) is 10.1. The molecule has 0 aromatic heterocycles. The molecule has 0 fully saturated rings. The van der Waals surface area contributed by atoms with Crippen LogP contribution in [0.5, 0.6) is 0 Å². The molecule has 1 aromatic carbocycles. The van der Waals surface area contributed by atoms with Gasteiger partial charge in [-0.15, -0.1) is 6.58 Å². The average Bonchev–Trinajstić information content (AvgIpc) is 2.34. The van der Waals surface area contributed by atoms with Gasteiger partial charge in [-0.05, 0) is 37.9 Å². The second-order valence-electron chi connectivity index (χ2n) is 3.85. The highest BCUT2D eigenvalue weighted by molar-refractivity contribution is 5.32. The molecular formula is C13H18N2O2. The summed E-state index contributed by atoms with van der Waals surface area (Å²) in [4.78, 5) is 10.1. The highest BCUT2D eigenvalue weighted by atomic mass is 16.6. The van der Waals surface area contributed by atoms with Gasteiger partial charge < -0.3 is 5.32 Å². The number of nitro groups is 1. The molecule has 0 aliphatic carbocycles. The smallest absolute Gasteiger partial charge is 0.269 e. The number of nitrogens with one attached hydrogen (secondary N) is 1. The number of hydrogen-bond donors (Lipinski definition) is 1. The van der Waals surface area contributed by atoms with Crippen LogP contribution in [0.3, 0.4) is 0 Å². The molecule has 92 valence electrons. The zero-order valence-electron chi connectivity index (χ0n) is 9.89. The molecule has 4 heteroatoms. The van der Waals surface area contributed by atoms with Crippen molar-refractivity contribution in [2.24, 2.45) is 0 Å². The van der Waals surface area contributed by atoms with Gasteiger partial charge in [0, 0.05) is 12.1 Å². The Hall–Kier alpha value is -1.68. The molecule has 1 N–H and O–H groups in total. The molecule has 0 unspecified atom stereocenters. The third kappa shape index (κ3) is 5.26. The fraction of sp³-hybridized carbons (Fsp3) is 0.385. The van der Waals surface area contributed by atoms with Crippen molar-refractivity contribution in [3.63, 3.8) is 0 Å². The molecule has 0 saturated heterocycles. The minimum absolute atomic E-state index is 0.146. The number of unbranched alkanes of at least 4 members (excludes halogenated alkanes) is 1. The van der Waals surface area contributed by atoms with Crippen molar-refractivity contribution in [3.05, 3.63) is 52.6 Å². The van der Waals surface area contributed by atoms with E-state index in [4.69, 9.17) is 0 Å². The first-order valence-electron chi connectivity index (χ1n) is 5.79. The van der Waals surface area contributed by atoms with Crippen molar-refractivity contribution in [1.29, 1.82) is 0 Å². The van der Waals surface area contributed by atoms with E-state index in [1.165, 1.54) is 0 Å². The van der Waals surface area contributed by atoms with Crippen LogP contribution in [0, 0.1) is 10.1 Å². The Morgan fingerprint density at radius 3 is 2.59 bits per heavy atom. The summed E-state index contributed by atoms with van der Waals surface area (Å²) in [5.74, 6) is 0. The summed E-state index contributed by atoms with van der Waals surface area (Å²) in [7, 11) is 0. The van der Waals surface area contributed by atoms with Gasteiger partial charge in [0.2, 0.25) is 0 Å². The van der Waals surface area contributed by atoms with Crippen LogP contribution in [0.4, 0.5) is 5.69 Å². The molecule has 0 aliphatic rings. The lowest BCUT2D eigenvalue weighted by atomic mass is 10.1. The van der Waals surface area contributed by atoms with Crippen LogP contribution in [0.15, 0.2) is 36.9 Å². The van der Waals surface area contributed by atoms with E-state index in [1.54, 1.807) is 12.1 Å². The van der Waals surface area contributed by atoms with Crippen LogP contribution in [-0.4, -0.2) is 18.0 Å². The number of nitrogens with zero attached hydrogens (tertiary/aromatic N) is 1. The molecule has 0 heterocycles. The van der Waals surface area contributed by atoms with Gasteiger partial charge in [-0.2, -0.15) is 0 Å². The quantitative estimate of drug-likeness (QED) is 0.325. The predicted octanol–water partition coefficient (Wildman–Crippen LogP) is 2.69. The molecule has 0 saturated carbocycles. The topological polar surface area (TPSA) is 55.2 Å². The van der Waals surface area contributed by atoms with Gasteiger partial charge in [-0.25, -0.2) is 0 Å². The Labute approximate surface area is 101 Å². The monoisotopic (exact) mass is 234 g/mol. The SMILES string of the molecule is C=CCCCNCCc1ccc([N+](=O)[O-])cc1. The standard InChI is InChI=1S/C13H18N2O2/c1-2-3-4-10-14-11-9-12-5-7-13(8-6-12)15(16)17/h2,5-8,14H,1,3-4,9-11H2. The molecular weight excluding hydrogens is 216 g/mol. The maximum atomic E-state index is 10.5. The summed E-state index contributed by atoms with van der Waals surface area (Å²) >= 11 is 0. The highest BCUT2D eigenvalue weighted by Crippen LogP contribution is 2.11. The summed E-state index contributed by atoms with van der Waals surface area (Å²) in [6.45, 7) is 5.55. The van der Waals surface area contributed by atoms with E-state index in [2.05, 4.69) is 11.9 Å². The largest absolute Gasteiger partial charge is 0.316 e. The Kier molecular flexibility index (Phi) is 5.96. The van der Waals surface area contributed by atoms with Gasteiger partial charge in [0.15, 0.2) is 0 Å². The van der Waals surface area contributed by atoms with Crippen molar-refractivity contribution in [3.8, 4) is 0 Å². The zero-order valence-corrected chi connectivity index (χ0v) is 9.89. The fourth-order valence-electron chi connectivity index (χ4n) is 1.51. The van der Waals surface area contributed by atoms with Crippen molar-refractivity contribution in [2.45, 2.75) is 19.3 Å². The van der Waals surface area contributed by atoms with Gasteiger partial charge in [0.25, 0.3) is 5.69 Å². The summed E-state index contributed by atoms with van der Waals surface area (Å²) < 4.78 is 0. The summed E-state index contributed by atoms with van der Waals surface area (Å²) in [6.07, 6.45) is 4.94. The third-order valence-electron chi connectivity index (χ3n) is 2.50. The number of rotatable bonds is 8. The first-order chi connectivity index (χ1) is 8.24. The van der Waals surface area contributed by atoms with Crippen LogP contribution in [0.25, 0.3) is 0 Å². The summed E-state index contributed by atoms with van der Waals surface area (Å²) in [5, 5.41) is 13.8. The number of allylic oxidation sites excluding steroid dienone is 1. The van der Waals surface area contributed by atoms with Gasteiger partial charge in [0.05, 0.1) is 4.92 Å². The number of non-ortho nitro benzene ring substituents is 1. The first-order valence-corrected chi connectivity index (χ1v) is 5.79. The molecule has 0 amide bonds. The van der Waals surface area contributed by atoms with E-state index >= 15 is 0 Å². The lowest BCUT2D eigenvalue weighted by Gasteiger charge is -2.03. The summed E-state index contributed by atoms with van der Waals surface area (Å²) in [5.41, 5.74) is 1.26. The van der Waals surface area contributed by atoms with Gasteiger partial charge in [-0.1, -0.05) is 18.2 Å². The molecule has 17 heavy (non-hydrogen) atoms. The molecule has 0 atom stereocenters. The van der Waals surface area contributed by atoms with Crippen molar-refractivity contribution in [2.75, 3.05) is 13.1 Å². The van der Waals surface area contributed by atoms with Crippen LogP contribution in [0.1, 0.15) is 18.4 Å². The molecule has 1 aromatic rings. The van der Waals surface area contributed by atoms with Gasteiger partial charge in [-0.3, -0.25) is 10.1 Å². The molecule has 0 spiro atoms. The van der Waals surface area contributed by atoms with Crippen LogP contribution in [0.2, 0.25) is 0 Å². The number of nitro benzene ring substituents is 1. The van der Waals surface area contributed by atoms with Crippen LogP contribution >= 0.6 is 0 Å².